The Hall–Kier alpha value is -2.08. The minimum Gasteiger partial charge on any atom is -0.303 e. The quantitative estimate of drug-likeness (QED) is 0.795. The van der Waals surface area contributed by atoms with Gasteiger partial charge in [0.15, 0.2) is 9.84 Å². The molecule has 0 N–H and O–H groups in total. The smallest absolute Gasteiger partial charge is 0.175 e. The van der Waals surface area contributed by atoms with Gasteiger partial charge in [-0.1, -0.05) is 12.1 Å². The zero-order valence-electron chi connectivity index (χ0n) is 11.8. The number of carbonyl (C=O) groups excluding carboxylic acids is 1. The molecular weight excluding hydrogens is 310 g/mol. The number of benzene rings is 2. The average Bonchev–Trinajstić information content (AvgIpc) is 2.43. The van der Waals surface area contributed by atoms with Crippen molar-refractivity contribution in [2.24, 2.45) is 0 Å². The molecule has 0 saturated heterocycles. The molecule has 2 aromatic carbocycles. The number of aldehydes is 1. The first-order valence-corrected chi connectivity index (χ1v) is 8.39. The molecule has 0 aliphatic carbocycles. The largest absolute Gasteiger partial charge is 0.303 e. The van der Waals surface area contributed by atoms with Crippen LogP contribution in [0, 0.1) is 11.6 Å². The molecule has 0 aliphatic heterocycles. The van der Waals surface area contributed by atoms with Crippen LogP contribution >= 0.6 is 0 Å². The highest BCUT2D eigenvalue weighted by molar-refractivity contribution is 7.90. The van der Waals surface area contributed by atoms with Crippen molar-refractivity contribution >= 4 is 16.1 Å². The molecule has 0 heterocycles. The van der Waals surface area contributed by atoms with E-state index in [0.717, 1.165) is 24.5 Å². The van der Waals surface area contributed by atoms with Gasteiger partial charge in [-0.05, 0) is 41.8 Å². The van der Waals surface area contributed by atoms with Crippen molar-refractivity contribution < 1.29 is 22.0 Å². The first-order chi connectivity index (χ1) is 10.3. The normalized spacial score (nSPS) is 12.9. The van der Waals surface area contributed by atoms with E-state index >= 15 is 0 Å². The maximum atomic E-state index is 13.2. The second-order valence-corrected chi connectivity index (χ2v) is 7.08. The predicted molar refractivity (Wildman–Crippen MR) is 78.4 cm³/mol. The van der Waals surface area contributed by atoms with Crippen molar-refractivity contribution in [2.45, 2.75) is 17.2 Å². The minimum atomic E-state index is -3.29. The maximum absolute atomic E-state index is 13.2. The molecule has 1 unspecified atom stereocenters. The standard InChI is InChI=1S/C16H14F2O3S/c1-22(20,21)16-4-2-11(3-5-16)6-13(10-19)12-7-14(17)9-15(18)8-12/h2-5,7-10,13H,6H2,1H3. The summed E-state index contributed by atoms with van der Waals surface area (Å²) in [5.74, 6) is -2.18. The number of hydrogen-bond acceptors (Lipinski definition) is 3. The molecule has 0 bridgehead atoms. The van der Waals surface area contributed by atoms with Crippen LogP contribution in [0.4, 0.5) is 8.78 Å². The van der Waals surface area contributed by atoms with Crippen molar-refractivity contribution in [1.29, 1.82) is 0 Å². The van der Waals surface area contributed by atoms with Crippen molar-refractivity contribution in [1.82, 2.24) is 0 Å². The third kappa shape index (κ3) is 3.98. The van der Waals surface area contributed by atoms with Gasteiger partial charge in [0.1, 0.15) is 17.9 Å². The van der Waals surface area contributed by atoms with E-state index in [0.29, 0.717) is 11.8 Å². The second kappa shape index (κ2) is 6.36. The van der Waals surface area contributed by atoms with E-state index in [1.54, 1.807) is 12.1 Å². The first kappa shape index (κ1) is 16.3. The summed E-state index contributed by atoms with van der Waals surface area (Å²) in [5, 5.41) is 0. The molecule has 6 heteroatoms. The van der Waals surface area contributed by atoms with E-state index < -0.39 is 27.4 Å². The van der Waals surface area contributed by atoms with Crippen molar-refractivity contribution in [2.75, 3.05) is 6.26 Å². The van der Waals surface area contributed by atoms with Crippen LogP contribution in [0.15, 0.2) is 47.4 Å². The zero-order valence-corrected chi connectivity index (χ0v) is 12.6. The fourth-order valence-electron chi connectivity index (χ4n) is 2.16. The summed E-state index contributed by atoms with van der Waals surface area (Å²) < 4.78 is 49.2. The summed E-state index contributed by atoms with van der Waals surface area (Å²) in [5.41, 5.74) is 0.953. The van der Waals surface area contributed by atoms with Crippen LogP contribution < -0.4 is 0 Å². The van der Waals surface area contributed by atoms with E-state index in [9.17, 15) is 22.0 Å². The van der Waals surface area contributed by atoms with Gasteiger partial charge in [0.25, 0.3) is 0 Å². The van der Waals surface area contributed by atoms with Gasteiger partial charge in [-0.25, -0.2) is 17.2 Å². The van der Waals surface area contributed by atoms with Crippen LogP contribution in [-0.4, -0.2) is 21.0 Å². The molecule has 22 heavy (non-hydrogen) atoms. The van der Waals surface area contributed by atoms with E-state index in [-0.39, 0.29) is 16.9 Å². The van der Waals surface area contributed by atoms with Crippen LogP contribution in [0.1, 0.15) is 17.0 Å². The lowest BCUT2D eigenvalue weighted by Gasteiger charge is -2.11. The Kier molecular flexibility index (Phi) is 4.71. The summed E-state index contributed by atoms with van der Waals surface area (Å²) in [6, 6.07) is 9.04. The molecule has 2 rings (SSSR count). The molecule has 0 aliphatic rings. The van der Waals surface area contributed by atoms with Gasteiger partial charge in [-0.15, -0.1) is 0 Å². The predicted octanol–water partition coefficient (Wildman–Crippen LogP) is 2.89. The minimum absolute atomic E-state index is 0.177. The summed E-state index contributed by atoms with van der Waals surface area (Å²) in [4.78, 5) is 11.4. The van der Waals surface area contributed by atoms with Gasteiger partial charge in [-0.2, -0.15) is 0 Å². The Bertz CT molecular complexity index is 763. The molecular formula is C16H14F2O3S. The topological polar surface area (TPSA) is 51.2 Å². The van der Waals surface area contributed by atoms with Crippen LogP contribution in [0.25, 0.3) is 0 Å². The Labute approximate surface area is 127 Å². The first-order valence-electron chi connectivity index (χ1n) is 6.50. The fourth-order valence-corrected chi connectivity index (χ4v) is 2.79. The highest BCUT2D eigenvalue weighted by Crippen LogP contribution is 2.22. The van der Waals surface area contributed by atoms with E-state index in [1.807, 2.05) is 0 Å². The Morgan fingerprint density at radius 2 is 1.59 bits per heavy atom. The number of carbonyl (C=O) groups is 1. The van der Waals surface area contributed by atoms with Gasteiger partial charge in [0.2, 0.25) is 0 Å². The van der Waals surface area contributed by atoms with Crippen molar-refractivity contribution in [3.8, 4) is 0 Å². The summed E-state index contributed by atoms with van der Waals surface area (Å²) in [6.45, 7) is 0. The third-order valence-corrected chi connectivity index (χ3v) is 4.41. The van der Waals surface area contributed by atoms with E-state index in [2.05, 4.69) is 0 Å². The molecule has 116 valence electrons. The average molecular weight is 324 g/mol. The van der Waals surface area contributed by atoms with E-state index in [4.69, 9.17) is 0 Å². The van der Waals surface area contributed by atoms with Gasteiger partial charge in [0.05, 0.1) is 4.90 Å². The molecule has 2 aromatic rings. The Morgan fingerprint density at radius 1 is 1.05 bits per heavy atom. The molecule has 0 amide bonds. The lowest BCUT2D eigenvalue weighted by Crippen LogP contribution is -2.06. The highest BCUT2D eigenvalue weighted by Gasteiger charge is 2.14. The molecule has 0 saturated carbocycles. The van der Waals surface area contributed by atoms with Gasteiger partial charge in [-0.3, -0.25) is 0 Å². The second-order valence-electron chi connectivity index (χ2n) is 5.07. The molecule has 0 spiro atoms. The molecule has 0 radical (unpaired) electrons. The summed E-state index contributed by atoms with van der Waals surface area (Å²) in [7, 11) is -3.29. The number of rotatable bonds is 5. The molecule has 1 atom stereocenters. The summed E-state index contributed by atoms with van der Waals surface area (Å²) in [6.07, 6.45) is 1.96. The van der Waals surface area contributed by atoms with Crippen LogP contribution in [0.2, 0.25) is 0 Å². The molecule has 0 fully saturated rings. The summed E-state index contributed by atoms with van der Waals surface area (Å²) >= 11 is 0. The number of hydrogen-bond donors (Lipinski definition) is 0. The van der Waals surface area contributed by atoms with Crippen LogP contribution in [0.3, 0.4) is 0 Å². The maximum Gasteiger partial charge on any atom is 0.175 e. The van der Waals surface area contributed by atoms with Crippen LogP contribution in [0.5, 0.6) is 0 Å². The SMILES string of the molecule is CS(=O)(=O)c1ccc(CC(C=O)c2cc(F)cc(F)c2)cc1. The molecule has 0 aromatic heterocycles. The Morgan fingerprint density at radius 3 is 2.05 bits per heavy atom. The Balaban J connectivity index is 2.25. The number of halogens is 2. The highest BCUT2D eigenvalue weighted by atomic mass is 32.2. The monoisotopic (exact) mass is 324 g/mol. The van der Waals surface area contributed by atoms with Gasteiger partial charge >= 0.3 is 0 Å². The van der Waals surface area contributed by atoms with Crippen molar-refractivity contribution in [3.63, 3.8) is 0 Å². The lowest BCUT2D eigenvalue weighted by atomic mass is 9.93. The zero-order chi connectivity index (χ0) is 16.3. The fraction of sp³-hybridized carbons (Fsp3) is 0.188. The molecule has 3 nitrogen and oxygen atoms in total. The van der Waals surface area contributed by atoms with Crippen molar-refractivity contribution in [3.05, 3.63) is 65.2 Å². The van der Waals surface area contributed by atoms with Gasteiger partial charge < -0.3 is 4.79 Å². The van der Waals surface area contributed by atoms with Gasteiger partial charge in [0, 0.05) is 18.2 Å². The van der Waals surface area contributed by atoms with E-state index in [1.165, 1.54) is 12.1 Å². The third-order valence-electron chi connectivity index (χ3n) is 3.28. The van der Waals surface area contributed by atoms with Crippen LogP contribution in [-0.2, 0) is 21.1 Å². The number of sulfone groups is 1. The lowest BCUT2D eigenvalue weighted by molar-refractivity contribution is -0.109.